The molecule has 0 N–H and O–H groups in total. The Kier molecular flexibility index (Phi) is 3.54. The molecule has 1 aliphatic rings. The minimum Gasteiger partial charge on any atom is -0.481 e. The molecule has 4 nitrogen and oxygen atoms in total. The van der Waals surface area contributed by atoms with Gasteiger partial charge in [0, 0.05) is 31.3 Å². The summed E-state index contributed by atoms with van der Waals surface area (Å²) in [6, 6.07) is 1.71. The van der Waals surface area contributed by atoms with Gasteiger partial charge in [-0.2, -0.15) is 4.98 Å². The average molecular weight is 225 g/mol. The van der Waals surface area contributed by atoms with Crippen LogP contribution in [-0.4, -0.2) is 36.8 Å². The van der Waals surface area contributed by atoms with Crippen LogP contribution in [-0.2, 0) is 0 Å². The summed E-state index contributed by atoms with van der Waals surface area (Å²) < 4.78 is 17.7. The van der Waals surface area contributed by atoms with Gasteiger partial charge in [0.1, 0.15) is 0 Å². The quantitative estimate of drug-likeness (QED) is 0.784. The number of anilines is 1. The van der Waals surface area contributed by atoms with Gasteiger partial charge in [-0.15, -0.1) is 0 Å². The van der Waals surface area contributed by atoms with Crippen LogP contribution in [0.2, 0.25) is 0 Å². The monoisotopic (exact) mass is 225 g/mol. The molecular weight excluding hydrogens is 209 g/mol. The van der Waals surface area contributed by atoms with Gasteiger partial charge in [0.25, 0.3) is 0 Å². The van der Waals surface area contributed by atoms with Crippen LogP contribution >= 0.6 is 0 Å². The number of piperidine rings is 1. The van der Waals surface area contributed by atoms with Gasteiger partial charge >= 0.3 is 0 Å². The smallest absolute Gasteiger partial charge is 0.228 e. The lowest BCUT2D eigenvalue weighted by molar-refractivity contribution is 0.313. The molecule has 0 amide bonds. The first kappa shape index (κ1) is 11.1. The van der Waals surface area contributed by atoms with Gasteiger partial charge in [0.05, 0.1) is 13.8 Å². The van der Waals surface area contributed by atoms with Crippen molar-refractivity contribution in [2.24, 2.45) is 5.92 Å². The summed E-state index contributed by atoms with van der Waals surface area (Å²) in [5.41, 5.74) is 0. The molecule has 1 fully saturated rings. The van der Waals surface area contributed by atoms with Crippen molar-refractivity contribution in [1.82, 2.24) is 9.97 Å². The number of hydrogen-bond donors (Lipinski definition) is 0. The fraction of sp³-hybridized carbons (Fsp3) is 0.636. The van der Waals surface area contributed by atoms with Crippen molar-refractivity contribution in [3.8, 4) is 5.88 Å². The minimum atomic E-state index is -0.263. The topological polar surface area (TPSA) is 38.2 Å². The zero-order valence-electron chi connectivity index (χ0n) is 9.40. The molecule has 0 bridgehead atoms. The van der Waals surface area contributed by atoms with E-state index in [9.17, 15) is 4.39 Å². The predicted molar refractivity (Wildman–Crippen MR) is 59.5 cm³/mol. The van der Waals surface area contributed by atoms with Gasteiger partial charge < -0.3 is 9.64 Å². The molecule has 1 saturated heterocycles. The zero-order valence-corrected chi connectivity index (χ0v) is 9.40. The van der Waals surface area contributed by atoms with E-state index in [1.165, 1.54) is 0 Å². The Morgan fingerprint density at radius 2 is 2.50 bits per heavy atom. The highest BCUT2D eigenvalue weighted by molar-refractivity contribution is 5.32. The minimum absolute atomic E-state index is 0.114. The van der Waals surface area contributed by atoms with E-state index < -0.39 is 0 Å². The van der Waals surface area contributed by atoms with Crippen molar-refractivity contribution < 1.29 is 9.13 Å². The molecular formula is C11H16FN3O. The third kappa shape index (κ3) is 2.40. The molecule has 0 spiro atoms. The Hall–Kier alpha value is -1.39. The summed E-state index contributed by atoms with van der Waals surface area (Å²) in [6.45, 7) is 1.33. The number of rotatable bonds is 3. The van der Waals surface area contributed by atoms with E-state index in [2.05, 4.69) is 9.97 Å². The van der Waals surface area contributed by atoms with Crippen molar-refractivity contribution in [3.63, 3.8) is 0 Å². The van der Waals surface area contributed by atoms with Gasteiger partial charge in [0.15, 0.2) is 0 Å². The Morgan fingerprint density at radius 3 is 3.25 bits per heavy atom. The van der Waals surface area contributed by atoms with Crippen LogP contribution in [0.5, 0.6) is 5.88 Å². The summed E-state index contributed by atoms with van der Waals surface area (Å²) in [5.74, 6) is 1.30. The normalized spacial score (nSPS) is 20.9. The van der Waals surface area contributed by atoms with Crippen LogP contribution < -0.4 is 9.64 Å². The Bertz CT molecular complexity index is 348. The standard InChI is InChI=1S/C11H16FN3O/c1-16-10-4-5-13-11(14-10)15-6-2-3-9(7-12)8-15/h4-5,9H,2-3,6-8H2,1H3. The maximum atomic E-state index is 12.6. The molecule has 1 aromatic rings. The van der Waals surface area contributed by atoms with Crippen LogP contribution in [0.1, 0.15) is 12.8 Å². The molecule has 0 saturated carbocycles. The van der Waals surface area contributed by atoms with Gasteiger partial charge in [-0.25, -0.2) is 4.98 Å². The lowest BCUT2D eigenvalue weighted by Crippen LogP contribution is -2.37. The SMILES string of the molecule is COc1ccnc(N2CCCC(CF)C2)n1. The molecule has 0 aromatic carbocycles. The number of halogens is 1. The van der Waals surface area contributed by atoms with E-state index >= 15 is 0 Å². The number of hydrogen-bond acceptors (Lipinski definition) is 4. The predicted octanol–water partition coefficient (Wildman–Crippen LogP) is 1.67. The van der Waals surface area contributed by atoms with Crippen LogP contribution in [0, 0.1) is 5.92 Å². The van der Waals surface area contributed by atoms with E-state index in [-0.39, 0.29) is 12.6 Å². The lowest BCUT2D eigenvalue weighted by Gasteiger charge is -2.31. The highest BCUT2D eigenvalue weighted by Crippen LogP contribution is 2.21. The van der Waals surface area contributed by atoms with Crippen LogP contribution in [0.25, 0.3) is 0 Å². The van der Waals surface area contributed by atoms with Gasteiger partial charge in [0.2, 0.25) is 11.8 Å². The molecule has 16 heavy (non-hydrogen) atoms. The number of ether oxygens (including phenoxy) is 1. The fourth-order valence-electron chi connectivity index (χ4n) is 1.97. The first-order valence-corrected chi connectivity index (χ1v) is 5.51. The molecule has 1 unspecified atom stereocenters. The first-order valence-electron chi connectivity index (χ1n) is 5.51. The second kappa shape index (κ2) is 5.09. The van der Waals surface area contributed by atoms with Crippen molar-refractivity contribution >= 4 is 5.95 Å². The maximum Gasteiger partial charge on any atom is 0.228 e. The number of nitrogens with zero attached hydrogens (tertiary/aromatic N) is 3. The molecule has 2 heterocycles. The molecule has 2 rings (SSSR count). The maximum absolute atomic E-state index is 12.6. The van der Waals surface area contributed by atoms with E-state index in [1.54, 1.807) is 19.4 Å². The summed E-state index contributed by atoms with van der Waals surface area (Å²) in [4.78, 5) is 10.5. The molecule has 1 aromatic heterocycles. The average Bonchev–Trinajstić information content (AvgIpc) is 2.39. The van der Waals surface area contributed by atoms with Gasteiger partial charge in [-0.3, -0.25) is 4.39 Å². The third-order valence-electron chi connectivity index (χ3n) is 2.85. The van der Waals surface area contributed by atoms with Crippen molar-refractivity contribution in [3.05, 3.63) is 12.3 Å². The van der Waals surface area contributed by atoms with E-state index in [1.807, 2.05) is 4.90 Å². The third-order valence-corrected chi connectivity index (χ3v) is 2.85. The fourth-order valence-corrected chi connectivity index (χ4v) is 1.97. The van der Waals surface area contributed by atoms with Gasteiger partial charge in [-0.1, -0.05) is 0 Å². The Labute approximate surface area is 94.5 Å². The zero-order chi connectivity index (χ0) is 11.4. The second-order valence-corrected chi connectivity index (χ2v) is 4.01. The number of alkyl halides is 1. The second-order valence-electron chi connectivity index (χ2n) is 4.01. The largest absolute Gasteiger partial charge is 0.481 e. The van der Waals surface area contributed by atoms with Crippen LogP contribution in [0.3, 0.4) is 0 Å². The lowest BCUT2D eigenvalue weighted by atomic mass is 10.00. The van der Waals surface area contributed by atoms with Crippen LogP contribution in [0.4, 0.5) is 10.3 Å². The molecule has 5 heteroatoms. The van der Waals surface area contributed by atoms with Crippen molar-refractivity contribution in [2.45, 2.75) is 12.8 Å². The van der Waals surface area contributed by atoms with Crippen LogP contribution in [0.15, 0.2) is 12.3 Å². The molecule has 1 atom stereocenters. The summed E-state index contributed by atoms with van der Waals surface area (Å²) in [5, 5.41) is 0. The van der Waals surface area contributed by atoms with Gasteiger partial charge in [-0.05, 0) is 12.8 Å². The van der Waals surface area contributed by atoms with E-state index in [4.69, 9.17) is 4.74 Å². The first-order chi connectivity index (χ1) is 7.83. The summed E-state index contributed by atoms with van der Waals surface area (Å²) in [6.07, 6.45) is 3.62. The summed E-state index contributed by atoms with van der Waals surface area (Å²) in [7, 11) is 1.58. The molecule has 0 aliphatic carbocycles. The Morgan fingerprint density at radius 1 is 1.62 bits per heavy atom. The Balaban J connectivity index is 2.10. The van der Waals surface area contributed by atoms with E-state index in [0.717, 1.165) is 19.4 Å². The molecule has 88 valence electrons. The number of methoxy groups -OCH3 is 1. The molecule has 1 aliphatic heterocycles. The van der Waals surface area contributed by atoms with E-state index in [0.29, 0.717) is 18.4 Å². The van der Waals surface area contributed by atoms with Crippen molar-refractivity contribution in [2.75, 3.05) is 31.8 Å². The number of aromatic nitrogens is 2. The highest BCUT2D eigenvalue weighted by Gasteiger charge is 2.21. The van der Waals surface area contributed by atoms with Crippen molar-refractivity contribution in [1.29, 1.82) is 0 Å². The summed E-state index contributed by atoms with van der Waals surface area (Å²) >= 11 is 0. The molecule has 0 radical (unpaired) electrons. The highest BCUT2D eigenvalue weighted by atomic mass is 19.1.